The summed E-state index contributed by atoms with van der Waals surface area (Å²) in [5, 5.41) is 2.00. The van der Waals surface area contributed by atoms with Crippen LogP contribution in [0.4, 0.5) is 0 Å². The van der Waals surface area contributed by atoms with Gasteiger partial charge in [-0.15, -0.1) is 11.3 Å². The summed E-state index contributed by atoms with van der Waals surface area (Å²) in [5.74, 6) is 0.00415. The van der Waals surface area contributed by atoms with Crippen LogP contribution in [0.25, 0.3) is 6.08 Å². The molecule has 0 fully saturated rings. The van der Waals surface area contributed by atoms with E-state index >= 15 is 0 Å². The van der Waals surface area contributed by atoms with Crippen LogP contribution in [0.3, 0.4) is 0 Å². The number of aromatic nitrogens is 2. The van der Waals surface area contributed by atoms with E-state index < -0.39 is 0 Å². The Balaban J connectivity index is 1.47. The molecule has 0 radical (unpaired) electrons. The first-order valence-electron chi connectivity index (χ1n) is 8.94. The average Bonchev–Trinajstić information content (AvgIpc) is 3.34. The van der Waals surface area contributed by atoms with Crippen molar-refractivity contribution in [2.45, 2.75) is 25.8 Å². The Labute approximate surface area is 162 Å². The summed E-state index contributed by atoms with van der Waals surface area (Å²) in [5.41, 5.74) is 2.02. The fourth-order valence-corrected chi connectivity index (χ4v) is 3.78. The van der Waals surface area contributed by atoms with Crippen LogP contribution in [0.1, 0.15) is 16.3 Å². The van der Waals surface area contributed by atoms with Gasteiger partial charge < -0.3 is 14.2 Å². The molecule has 4 heterocycles. The number of rotatable bonds is 5. The third-order valence-corrected chi connectivity index (χ3v) is 5.38. The van der Waals surface area contributed by atoms with Crippen LogP contribution in [-0.4, -0.2) is 33.0 Å². The van der Waals surface area contributed by atoms with E-state index in [1.807, 2.05) is 59.0 Å². The molecule has 1 atom stereocenters. The summed E-state index contributed by atoms with van der Waals surface area (Å²) < 4.78 is 8.27. The molecule has 6 heteroatoms. The molecule has 1 aliphatic heterocycles. The first kappa shape index (κ1) is 17.7. The fourth-order valence-electron chi connectivity index (χ4n) is 3.16. The SMILES string of the molecule is O=C(/C=C/c1cccs1)N1Cc2cccn2C[C@H](OCc2ccccn2)C1. The number of hydrogen-bond donors (Lipinski definition) is 0. The van der Waals surface area contributed by atoms with Crippen molar-refractivity contribution in [1.82, 2.24) is 14.5 Å². The third kappa shape index (κ3) is 4.53. The molecule has 138 valence electrons. The van der Waals surface area contributed by atoms with Gasteiger partial charge in [0.05, 0.1) is 31.5 Å². The van der Waals surface area contributed by atoms with Crippen LogP contribution in [0.5, 0.6) is 0 Å². The van der Waals surface area contributed by atoms with Gasteiger partial charge in [0.15, 0.2) is 0 Å². The summed E-state index contributed by atoms with van der Waals surface area (Å²) in [6.07, 6.45) is 7.25. The Morgan fingerprint density at radius 3 is 3.00 bits per heavy atom. The minimum absolute atomic E-state index is 0.00415. The van der Waals surface area contributed by atoms with Gasteiger partial charge in [0.25, 0.3) is 0 Å². The molecular weight excluding hydrogens is 358 g/mol. The van der Waals surface area contributed by atoms with Gasteiger partial charge in [0.1, 0.15) is 0 Å². The molecule has 0 saturated carbocycles. The molecule has 0 unspecified atom stereocenters. The van der Waals surface area contributed by atoms with Crippen molar-refractivity contribution in [3.8, 4) is 0 Å². The lowest BCUT2D eigenvalue weighted by atomic mass is 10.3. The number of thiophene rings is 1. The topological polar surface area (TPSA) is 47.4 Å². The molecule has 1 aliphatic rings. The summed E-state index contributed by atoms with van der Waals surface area (Å²) in [6, 6.07) is 13.8. The van der Waals surface area contributed by atoms with Gasteiger partial charge in [-0.1, -0.05) is 12.1 Å². The monoisotopic (exact) mass is 379 g/mol. The lowest BCUT2D eigenvalue weighted by molar-refractivity contribution is -0.128. The Morgan fingerprint density at radius 2 is 2.19 bits per heavy atom. The van der Waals surface area contributed by atoms with Crippen LogP contribution in [0.2, 0.25) is 0 Å². The van der Waals surface area contributed by atoms with Crippen molar-refractivity contribution in [3.05, 3.63) is 82.6 Å². The van der Waals surface area contributed by atoms with Crippen molar-refractivity contribution in [2.24, 2.45) is 0 Å². The minimum atomic E-state index is -0.0836. The maximum Gasteiger partial charge on any atom is 0.247 e. The van der Waals surface area contributed by atoms with E-state index in [4.69, 9.17) is 4.74 Å². The van der Waals surface area contributed by atoms with Gasteiger partial charge in [-0.25, -0.2) is 0 Å². The van der Waals surface area contributed by atoms with Crippen molar-refractivity contribution in [3.63, 3.8) is 0 Å². The predicted molar refractivity (Wildman–Crippen MR) is 106 cm³/mol. The summed E-state index contributed by atoms with van der Waals surface area (Å²) in [7, 11) is 0. The summed E-state index contributed by atoms with van der Waals surface area (Å²) in [6.45, 7) is 2.31. The molecule has 3 aromatic heterocycles. The van der Waals surface area contributed by atoms with Crippen LogP contribution in [-0.2, 0) is 29.2 Å². The molecule has 27 heavy (non-hydrogen) atoms. The van der Waals surface area contributed by atoms with Crippen molar-refractivity contribution in [1.29, 1.82) is 0 Å². The highest BCUT2D eigenvalue weighted by atomic mass is 32.1. The Kier molecular flexibility index (Phi) is 5.46. The molecule has 0 N–H and O–H groups in total. The first-order valence-corrected chi connectivity index (χ1v) is 9.82. The van der Waals surface area contributed by atoms with Crippen LogP contribution in [0, 0.1) is 0 Å². The Hall–Kier alpha value is -2.70. The largest absolute Gasteiger partial charge is 0.368 e. The van der Waals surface area contributed by atoms with E-state index in [1.165, 1.54) is 0 Å². The lowest BCUT2D eigenvalue weighted by Gasteiger charge is -2.23. The maximum absolute atomic E-state index is 12.8. The van der Waals surface area contributed by atoms with E-state index in [9.17, 15) is 4.79 Å². The second-order valence-electron chi connectivity index (χ2n) is 6.47. The zero-order chi connectivity index (χ0) is 18.5. The Bertz CT molecular complexity index is 903. The third-order valence-electron chi connectivity index (χ3n) is 4.54. The van der Waals surface area contributed by atoms with Gasteiger partial charge in [0.2, 0.25) is 5.91 Å². The predicted octanol–water partition coefficient (Wildman–Crippen LogP) is 3.59. The number of fused-ring (bicyclic) bond motifs is 1. The molecule has 0 aliphatic carbocycles. The van der Waals surface area contributed by atoms with Crippen molar-refractivity contribution < 1.29 is 9.53 Å². The highest BCUT2D eigenvalue weighted by Gasteiger charge is 2.24. The molecule has 5 nitrogen and oxygen atoms in total. The van der Waals surface area contributed by atoms with Gasteiger partial charge in [-0.3, -0.25) is 9.78 Å². The zero-order valence-corrected chi connectivity index (χ0v) is 15.7. The number of carbonyl (C=O) groups excluding carboxylic acids is 1. The second kappa shape index (κ2) is 8.33. The molecular formula is C21H21N3O2S. The van der Waals surface area contributed by atoms with Gasteiger partial charge in [-0.05, 0) is 41.8 Å². The van der Waals surface area contributed by atoms with E-state index in [0.29, 0.717) is 19.7 Å². The number of carbonyl (C=O) groups is 1. The van der Waals surface area contributed by atoms with E-state index in [2.05, 4.69) is 15.6 Å². The van der Waals surface area contributed by atoms with Crippen molar-refractivity contribution >= 4 is 23.3 Å². The molecule has 1 amide bonds. The van der Waals surface area contributed by atoms with Crippen LogP contribution >= 0.6 is 11.3 Å². The smallest absolute Gasteiger partial charge is 0.247 e. The maximum atomic E-state index is 12.8. The molecule has 0 spiro atoms. The summed E-state index contributed by atoms with van der Waals surface area (Å²) >= 11 is 1.62. The molecule has 0 aromatic carbocycles. The normalized spacial score (nSPS) is 17.0. The van der Waals surface area contributed by atoms with Gasteiger partial charge >= 0.3 is 0 Å². The lowest BCUT2D eigenvalue weighted by Crippen LogP contribution is -2.36. The Morgan fingerprint density at radius 1 is 1.22 bits per heavy atom. The quantitative estimate of drug-likeness (QED) is 0.637. The van der Waals surface area contributed by atoms with Crippen LogP contribution in [0.15, 0.2) is 66.3 Å². The molecule has 3 aromatic rings. The highest BCUT2D eigenvalue weighted by molar-refractivity contribution is 7.10. The van der Waals surface area contributed by atoms with E-state index in [1.54, 1.807) is 23.6 Å². The molecule has 0 bridgehead atoms. The van der Waals surface area contributed by atoms with Gasteiger partial charge in [-0.2, -0.15) is 0 Å². The number of hydrogen-bond acceptors (Lipinski definition) is 4. The number of nitrogens with zero attached hydrogens (tertiary/aromatic N) is 3. The minimum Gasteiger partial charge on any atom is -0.368 e. The second-order valence-corrected chi connectivity index (χ2v) is 7.45. The summed E-state index contributed by atoms with van der Waals surface area (Å²) in [4.78, 5) is 20.0. The number of pyridine rings is 1. The molecule has 0 saturated heterocycles. The fraction of sp³-hybridized carbons (Fsp3) is 0.238. The standard InChI is InChI=1S/C21H21N3O2S/c25-21(9-8-20-7-4-12-27-20)24-13-18-6-3-11-23(18)14-19(15-24)26-16-17-5-1-2-10-22-17/h1-12,19H,13-16H2/b9-8+/t19-/m0/s1. The van der Waals surface area contributed by atoms with Crippen LogP contribution < -0.4 is 0 Å². The van der Waals surface area contributed by atoms with Gasteiger partial charge in [0, 0.05) is 35.6 Å². The zero-order valence-electron chi connectivity index (χ0n) is 14.9. The van der Waals surface area contributed by atoms with E-state index in [-0.39, 0.29) is 12.0 Å². The molecule has 4 rings (SSSR count). The average molecular weight is 379 g/mol. The van der Waals surface area contributed by atoms with Crippen molar-refractivity contribution in [2.75, 3.05) is 6.54 Å². The first-order chi connectivity index (χ1) is 13.3. The number of amides is 1. The highest BCUT2D eigenvalue weighted by Crippen LogP contribution is 2.17. The van der Waals surface area contributed by atoms with E-state index in [0.717, 1.165) is 22.8 Å². The number of ether oxygens (including phenoxy) is 1.